The van der Waals surface area contributed by atoms with Gasteiger partial charge in [0.1, 0.15) is 3.79 Å². The molecule has 0 spiro atoms. The molecule has 0 N–H and O–H groups in total. The standard InChI is InChI=1S/C12BrF7S3/c13-11-5(18)3(16)9(22-11)7-1(14)2(15)8(21-7)10-4(17)6(19)12(20)23-10. The topological polar surface area (TPSA) is 0 Å². The van der Waals surface area contributed by atoms with E-state index in [0.29, 0.717) is 11.3 Å². The summed E-state index contributed by atoms with van der Waals surface area (Å²) in [5.41, 5.74) is 0. The number of halogens is 8. The first kappa shape index (κ1) is 16.9. The third kappa shape index (κ3) is 2.53. The van der Waals surface area contributed by atoms with Crippen LogP contribution in [0.25, 0.3) is 19.5 Å². The number of hydrogen-bond acceptors (Lipinski definition) is 3. The van der Waals surface area contributed by atoms with Gasteiger partial charge in [-0.2, -0.15) is 8.78 Å². The zero-order valence-electron chi connectivity index (χ0n) is 10.2. The van der Waals surface area contributed by atoms with Gasteiger partial charge in [0.25, 0.3) is 0 Å². The fourth-order valence-corrected chi connectivity index (χ4v) is 5.23. The Hall–Kier alpha value is -0.910. The van der Waals surface area contributed by atoms with Gasteiger partial charge in [-0.3, -0.25) is 0 Å². The maximum atomic E-state index is 14.0. The number of rotatable bonds is 2. The molecule has 0 unspecified atom stereocenters. The highest BCUT2D eigenvalue weighted by Crippen LogP contribution is 2.47. The fraction of sp³-hybridized carbons (Fsp3) is 0. The van der Waals surface area contributed by atoms with Crippen molar-refractivity contribution in [2.24, 2.45) is 0 Å². The Labute approximate surface area is 143 Å². The number of thiophene rings is 3. The maximum Gasteiger partial charge on any atom is 0.216 e. The molecule has 122 valence electrons. The number of hydrogen-bond donors (Lipinski definition) is 0. The van der Waals surface area contributed by atoms with Crippen molar-refractivity contribution >= 4 is 49.9 Å². The molecule has 0 aliphatic heterocycles. The monoisotopic (exact) mass is 452 g/mol. The minimum atomic E-state index is -1.81. The molecule has 0 amide bonds. The van der Waals surface area contributed by atoms with Gasteiger partial charge in [0.05, 0.1) is 19.5 Å². The molecule has 3 aromatic rings. The lowest BCUT2D eigenvalue weighted by molar-refractivity contribution is 0.468. The van der Waals surface area contributed by atoms with Crippen LogP contribution in [-0.2, 0) is 0 Å². The van der Waals surface area contributed by atoms with Crippen molar-refractivity contribution < 1.29 is 30.7 Å². The van der Waals surface area contributed by atoms with Crippen molar-refractivity contribution in [3.05, 3.63) is 43.8 Å². The average Bonchev–Trinajstić information content (AvgIpc) is 3.04. The molecule has 0 aliphatic carbocycles. The van der Waals surface area contributed by atoms with Gasteiger partial charge in [0.2, 0.25) is 10.9 Å². The lowest BCUT2D eigenvalue weighted by atomic mass is 10.3. The third-order valence-electron chi connectivity index (χ3n) is 2.72. The molecule has 0 nitrogen and oxygen atoms in total. The van der Waals surface area contributed by atoms with Crippen molar-refractivity contribution in [3.8, 4) is 19.5 Å². The zero-order chi connectivity index (χ0) is 17.0. The molecular weight excluding hydrogens is 453 g/mol. The van der Waals surface area contributed by atoms with Crippen LogP contribution in [-0.4, -0.2) is 0 Å². The summed E-state index contributed by atoms with van der Waals surface area (Å²) in [6.45, 7) is 0. The normalized spacial score (nSPS) is 11.5. The summed E-state index contributed by atoms with van der Waals surface area (Å²) in [6, 6.07) is 0. The summed E-state index contributed by atoms with van der Waals surface area (Å²) in [5, 5.41) is -1.52. The van der Waals surface area contributed by atoms with Crippen molar-refractivity contribution in [1.29, 1.82) is 0 Å². The van der Waals surface area contributed by atoms with E-state index in [4.69, 9.17) is 0 Å². The van der Waals surface area contributed by atoms with Crippen molar-refractivity contribution in [2.75, 3.05) is 0 Å². The predicted molar refractivity (Wildman–Crippen MR) is 78.4 cm³/mol. The van der Waals surface area contributed by atoms with Crippen LogP contribution in [0.15, 0.2) is 3.79 Å². The first-order chi connectivity index (χ1) is 10.7. The van der Waals surface area contributed by atoms with Gasteiger partial charge in [-0.05, 0) is 15.9 Å². The predicted octanol–water partition coefficient (Wildman–Crippen LogP) is 6.94. The van der Waals surface area contributed by atoms with E-state index in [1.165, 1.54) is 0 Å². The van der Waals surface area contributed by atoms with E-state index in [-0.39, 0.29) is 26.5 Å². The molecule has 0 bridgehead atoms. The van der Waals surface area contributed by atoms with Crippen LogP contribution in [0.4, 0.5) is 30.7 Å². The molecule has 0 atom stereocenters. The molecule has 3 heterocycles. The van der Waals surface area contributed by atoms with E-state index in [1.54, 1.807) is 0 Å². The Bertz CT molecular complexity index is 851. The SMILES string of the molecule is Fc1sc(-c2sc(-c3sc(Br)c(F)c3F)c(F)c2F)c(F)c1F. The molecule has 0 saturated heterocycles. The average molecular weight is 453 g/mol. The lowest BCUT2D eigenvalue weighted by Gasteiger charge is -1.92. The van der Waals surface area contributed by atoms with Gasteiger partial charge >= 0.3 is 0 Å². The first-order valence-electron chi connectivity index (χ1n) is 5.49. The van der Waals surface area contributed by atoms with Gasteiger partial charge in [-0.15, -0.1) is 22.7 Å². The first-order valence-corrected chi connectivity index (χ1v) is 8.73. The highest BCUT2D eigenvalue weighted by molar-refractivity contribution is 9.11. The van der Waals surface area contributed by atoms with Crippen LogP contribution < -0.4 is 0 Å². The minimum absolute atomic E-state index is 0.0486. The second-order valence-corrected chi connectivity index (χ2v) is 8.38. The molecule has 23 heavy (non-hydrogen) atoms. The molecule has 3 aromatic heterocycles. The highest BCUT2D eigenvalue weighted by atomic mass is 79.9. The van der Waals surface area contributed by atoms with Crippen LogP contribution in [0, 0.1) is 40.0 Å². The van der Waals surface area contributed by atoms with Gasteiger partial charge in [0.15, 0.2) is 29.1 Å². The lowest BCUT2D eigenvalue weighted by Crippen LogP contribution is -1.83. The Balaban J connectivity index is 2.23. The Morgan fingerprint density at radius 2 is 0.870 bits per heavy atom. The Kier molecular flexibility index (Phi) is 4.32. The van der Waals surface area contributed by atoms with Crippen LogP contribution in [0.3, 0.4) is 0 Å². The van der Waals surface area contributed by atoms with Gasteiger partial charge in [-0.25, -0.2) is 22.0 Å². The van der Waals surface area contributed by atoms with Gasteiger partial charge < -0.3 is 0 Å². The highest BCUT2D eigenvalue weighted by Gasteiger charge is 2.30. The van der Waals surface area contributed by atoms with E-state index < -0.39 is 59.5 Å². The second-order valence-electron chi connectivity index (χ2n) is 4.05. The minimum Gasteiger partial charge on any atom is -0.202 e. The van der Waals surface area contributed by atoms with E-state index in [9.17, 15) is 30.7 Å². The van der Waals surface area contributed by atoms with E-state index in [2.05, 4.69) is 15.9 Å². The van der Waals surface area contributed by atoms with E-state index in [0.717, 1.165) is 0 Å². The van der Waals surface area contributed by atoms with Gasteiger partial charge in [0, 0.05) is 0 Å². The summed E-state index contributed by atoms with van der Waals surface area (Å²) in [7, 11) is 0. The van der Waals surface area contributed by atoms with E-state index in [1.807, 2.05) is 0 Å². The summed E-state index contributed by atoms with van der Waals surface area (Å²) in [6.07, 6.45) is 0. The quantitative estimate of drug-likeness (QED) is 0.369. The Morgan fingerprint density at radius 3 is 1.26 bits per heavy atom. The molecule has 0 aromatic carbocycles. The van der Waals surface area contributed by atoms with Crippen molar-refractivity contribution in [3.63, 3.8) is 0 Å². The largest absolute Gasteiger partial charge is 0.216 e. The fourth-order valence-electron chi connectivity index (χ4n) is 1.71. The van der Waals surface area contributed by atoms with Crippen LogP contribution in [0.5, 0.6) is 0 Å². The summed E-state index contributed by atoms with van der Waals surface area (Å²) in [5.74, 6) is -9.30. The molecule has 0 saturated carbocycles. The Morgan fingerprint density at radius 1 is 0.478 bits per heavy atom. The summed E-state index contributed by atoms with van der Waals surface area (Å²) in [4.78, 5) is -2.69. The molecular formula is C12BrF7S3. The third-order valence-corrected chi connectivity index (χ3v) is 6.88. The molecule has 0 aliphatic rings. The molecule has 11 heteroatoms. The van der Waals surface area contributed by atoms with Crippen LogP contribution >= 0.6 is 49.9 Å². The summed E-state index contributed by atoms with van der Waals surface area (Å²) < 4.78 is 94.4. The molecule has 3 rings (SSSR count). The van der Waals surface area contributed by atoms with Crippen molar-refractivity contribution in [1.82, 2.24) is 0 Å². The smallest absolute Gasteiger partial charge is 0.202 e. The zero-order valence-corrected chi connectivity index (χ0v) is 14.3. The summed E-state index contributed by atoms with van der Waals surface area (Å²) >= 11 is 3.37. The molecule has 0 fully saturated rings. The second kappa shape index (κ2) is 5.87. The van der Waals surface area contributed by atoms with Gasteiger partial charge in [-0.1, -0.05) is 11.3 Å². The maximum absolute atomic E-state index is 14.0. The van der Waals surface area contributed by atoms with Crippen LogP contribution in [0.2, 0.25) is 0 Å². The van der Waals surface area contributed by atoms with E-state index >= 15 is 0 Å². The molecule has 0 radical (unpaired) electrons. The van der Waals surface area contributed by atoms with Crippen LogP contribution in [0.1, 0.15) is 0 Å². The van der Waals surface area contributed by atoms with Crippen molar-refractivity contribution in [2.45, 2.75) is 0 Å².